The summed E-state index contributed by atoms with van der Waals surface area (Å²) in [6.45, 7) is 0.217. The number of benzene rings is 4. The van der Waals surface area contributed by atoms with E-state index in [1.165, 1.54) is 4.90 Å². The van der Waals surface area contributed by atoms with E-state index in [2.05, 4.69) is 4.98 Å². The van der Waals surface area contributed by atoms with Crippen molar-refractivity contribution >= 4 is 39.5 Å². The Bertz CT molecular complexity index is 1570. The molecule has 0 fully saturated rings. The van der Waals surface area contributed by atoms with Gasteiger partial charge in [0.1, 0.15) is 5.75 Å². The molecule has 35 heavy (non-hydrogen) atoms. The Morgan fingerprint density at radius 2 is 1.71 bits per heavy atom. The fourth-order valence-electron chi connectivity index (χ4n) is 4.36. The molecular formula is C28H23N3O4. The zero-order chi connectivity index (χ0) is 24.5. The normalized spacial score (nSPS) is 11.0. The number of methoxy groups -OCH3 is 1. The van der Waals surface area contributed by atoms with Gasteiger partial charge in [-0.1, -0.05) is 48.5 Å². The largest absolute Gasteiger partial charge is 0.497 e. The van der Waals surface area contributed by atoms with E-state index >= 15 is 0 Å². The minimum Gasteiger partial charge on any atom is -0.497 e. The number of ether oxygens (including phenoxy) is 1. The van der Waals surface area contributed by atoms with Crippen LogP contribution in [0.5, 0.6) is 5.75 Å². The number of primary amides is 1. The number of anilines is 1. The van der Waals surface area contributed by atoms with Gasteiger partial charge in [-0.2, -0.15) is 0 Å². The summed E-state index contributed by atoms with van der Waals surface area (Å²) in [6, 6.07) is 26.2. The summed E-state index contributed by atoms with van der Waals surface area (Å²) in [5, 5.41) is 11.6. The van der Waals surface area contributed by atoms with Crippen molar-refractivity contribution in [3.8, 4) is 16.9 Å². The second-order valence-electron chi connectivity index (χ2n) is 8.25. The highest BCUT2D eigenvalue weighted by molar-refractivity contribution is 6.16. The Morgan fingerprint density at radius 1 is 0.914 bits per heavy atom. The van der Waals surface area contributed by atoms with Crippen molar-refractivity contribution in [2.45, 2.75) is 6.54 Å². The molecule has 174 valence electrons. The summed E-state index contributed by atoms with van der Waals surface area (Å²) in [7, 11) is 1.60. The smallest absolute Gasteiger partial charge is 0.412 e. The molecule has 0 atom stereocenters. The summed E-state index contributed by atoms with van der Waals surface area (Å²) in [6.07, 6.45) is -1.05. The van der Waals surface area contributed by atoms with E-state index in [1.54, 1.807) is 25.3 Å². The molecule has 0 saturated heterocycles. The molecule has 4 N–H and O–H groups in total. The average molecular weight is 466 g/mol. The van der Waals surface area contributed by atoms with Gasteiger partial charge >= 0.3 is 6.09 Å². The predicted octanol–water partition coefficient (Wildman–Crippen LogP) is 5.78. The van der Waals surface area contributed by atoms with Crippen LogP contribution in [0.4, 0.5) is 10.5 Å². The maximum atomic E-state index is 12.4. The van der Waals surface area contributed by atoms with Crippen LogP contribution < -0.4 is 15.4 Å². The number of amides is 2. The molecule has 7 heteroatoms. The van der Waals surface area contributed by atoms with Crippen molar-refractivity contribution in [3.05, 3.63) is 96.1 Å². The number of carbonyl (C=O) groups excluding carboxylic acids is 1. The molecule has 0 bridgehead atoms. The summed E-state index contributed by atoms with van der Waals surface area (Å²) < 4.78 is 5.34. The highest BCUT2D eigenvalue weighted by Gasteiger charge is 2.19. The molecule has 5 rings (SSSR count). The number of carboxylic acid groups (broad SMARTS) is 1. The van der Waals surface area contributed by atoms with Crippen molar-refractivity contribution in [1.29, 1.82) is 0 Å². The van der Waals surface area contributed by atoms with Crippen LogP contribution in [0.3, 0.4) is 0 Å². The summed E-state index contributed by atoms with van der Waals surface area (Å²) >= 11 is 0. The Morgan fingerprint density at radius 3 is 2.43 bits per heavy atom. The molecule has 5 aromatic rings. The molecule has 7 nitrogen and oxygen atoms in total. The van der Waals surface area contributed by atoms with Gasteiger partial charge in [-0.15, -0.1) is 0 Å². The van der Waals surface area contributed by atoms with E-state index in [9.17, 15) is 14.7 Å². The lowest BCUT2D eigenvalue weighted by atomic mass is 9.98. The monoisotopic (exact) mass is 465 g/mol. The van der Waals surface area contributed by atoms with Crippen LogP contribution in [0.25, 0.3) is 32.9 Å². The number of nitrogens with zero attached hydrogens (tertiary/aromatic N) is 1. The van der Waals surface area contributed by atoms with E-state index in [4.69, 9.17) is 10.5 Å². The minimum atomic E-state index is -1.05. The summed E-state index contributed by atoms with van der Waals surface area (Å²) in [5.41, 5.74) is 10.5. The van der Waals surface area contributed by atoms with Crippen molar-refractivity contribution in [3.63, 3.8) is 0 Å². The molecular weight excluding hydrogens is 442 g/mol. The first kappa shape index (κ1) is 22.0. The van der Waals surface area contributed by atoms with Crippen molar-refractivity contribution in [2.75, 3.05) is 12.0 Å². The number of rotatable bonds is 6. The van der Waals surface area contributed by atoms with Gasteiger partial charge in [-0.3, -0.25) is 9.69 Å². The van der Waals surface area contributed by atoms with Gasteiger partial charge in [0.25, 0.3) is 5.91 Å². The number of carbonyl (C=O) groups is 2. The van der Waals surface area contributed by atoms with E-state index in [-0.39, 0.29) is 6.54 Å². The van der Waals surface area contributed by atoms with Gasteiger partial charge < -0.3 is 20.6 Å². The van der Waals surface area contributed by atoms with Crippen LogP contribution in [0.1, 0.15) is 15.9 Å². The van der Waals surface area contributed by atoms with Gasteiger partial charge in [-0.05, 0) is 53.1 Å². The lowest BCUT2D eigenvalue weighted by molar-refractivity contribution is 0.100. The third-order valence-electron chi connectivity index (χ3n) is 6.09. The van der Waals surface area contributed by atoms with Crippen LogP contribution in [0.2, 0.25) is 0 Å². The highest BCUT2D eigenvalue weighted by atomic mass is 16.5. The van der Waals surface area contributed by atoms with E-state index < -0.39 is 12.0 Å². The van der Waals surface area contributed by atoms with Crippen molar-refractivity contribution in [2.24, 2.45) is 5.73 Å². The van der Waals surface area contributed by atoms with Crippen LogP contribution >= 0.6 is 0 Å². The third kappa shape index (κ3) is 4.15. The minimum absolute atomic E-state index is 0.217. The number of hydrogen-bond donors (Lipinski definition) is 3. The number of H-pyrrole nitrogens is 1. The van der Waals surface area contributed by atoms with Crippen LogP contribution in [0.15, 0.2) is 84.9 Å². The third-order valence-corrected chi connectivity index (χ3v) is 6.09. The molecule has 1 aromatic heterocycles. The molecule has 0 aliphatic carbocycles. The van der Waals surface area contributed by atoms with Crippen molar-refractivity contribution < 1.29 is 19.4 Å². The molecule has 0 saturated carbocycles. The maximum absolute atomic E-state index is 12.4. The SMILES string of the molecule is COc1cccc(-c2cc(C(N)=O)c3[nH]c4cc(N(Cc5ccccc5)C(=O)O)ccc4c3c2)c1. The fraction of sp³-hybridized carbons (Fsp3) is 0.0714. The standard InChI is InChI=1S/C28H23N3O4/c1-35-21-9-5-8-18(12-21)19-13-23-22-11-10-20(15-25(22)30-26(23)24(14-19)27(29)32)31(28(33)34)16-17-6-3-2-4-7-17/h2-15,30H,16H2,1H3,(H2,29,32)(H,33,34). The number of aromatic amines is 1. The van der Waals surface area contributed by atoms with Crippen molar-refractivity contribution in [1.82, 2.24) is 4.98 Å². The topological polar surface area (TPSA) is 109 Å². The van der Waals surface area contributed by atoms with Crippen LogP contribution in [0, 0.1) is 0 Å². The summed E-state index contributed by atoms with van der Waals surface area (Å²) in [4.78, 5) is 29.0. The Hall–Kier alpha value is -4.78. The van der Waals surface area contributed by atoms with Gasteiger partial charge in [0.05, 0.1) is 24.7 Å². The van der Waals surface area contributed by atoms with E-state index in [1.807, 2.05) is 66.7 Å². The highest BCUT2D eigenvalue weighted by Crippen LogP contribution is 2.35. The summed E-state index contributed by atoms with van der Waals surface area (Å²) in [5.74, 6) is 0.154. The zero-order valence-corrected chi connectivity index (χ0v) is 19.0. The van der Waals surface area contributed by atoms with E-state index in [0.29, 0.717) is 28.0 Å². The molecule has 0 aliphatic heterocycles. The molecule has 2 amide bonds. The molecule has 0 spiro atoms. The number of nitrogens with one attached hydrogen (secondary N) is 1. The Kier molecular flexibility index (Phi) is 5.58. The van der Waals surface area contributed by atoms with Gasteiger partial charge in [-0.25, -0.2) is 4.79 Å². The van der Waals surface area contributed by atoms with E-state index in [0.717, 1.165) is 27.5 Å². The average Bonchev–Trinajstić information content (AvgIpc) is 3.24. The molecule has 4 aromatic carbocycles. The number of fused-ring (bicyclic) bond motifs is 3. The van der Waals surface area contributed by atoms with Crippen LogP contribution in [-0.2, 0) is 6.54 Å². The first-order valence-corrected chi connectivity index (χ1v) is 11.0. The Labute approximate surface area is 201 Å². The molecule has 0 aliphatic rings. The number of hydrogen-bond acceptors (Lipinski definition) is 3. The first-order chi connectivity index (χ1) is 16.9. The quantitative estimate of drug-likeness (QED) is 0.295. The van der Waals surface area contributed by atoms with Gasteiger partial charge in [0.2, 0.25) is 0 Å². The lowest BCUT2D eigenvalue weighted by Gasteiger charge is -2.19. The number of aromatic nitrogens is 1. The van der Waals surface area contributed by atoms with Gasteiger partial charge in [0.15, 0.2) is 0 Å². The second kappa shape index (κ2) is 8.87. The molecule has 0 radical (unpaired) electrons. The zero-order valence-electron chi connectivity index (χ0n) is 19.0. The molecule has 0 unspecified atom stereocenters. The first-order valence-electron chi connectivity index (χ1n) is 11.0. The maximum Gasteiger partial charge on any atom is 0.412 e. The predicted molar refractivity (Wildman–Crippen MR) is 137 cm³/mol. The second-order valence-corrected chi connectivity index (χ2v) is 8.25. The fourth-order valence-corrected chi connectivity index (χ4v) is 4.36. The Balaban J connectivity index is 1.65. The van der Waals surface area contributed by atoms with Gasteiger partial charge in [0, 0.05) is 22.0 Å². The lowest BCUT2D eigenvalue weighted by Crippen LogP contribution is -2.28. The van der Waals surface area contributed by atoms with Crippen LogP contribution in [-0.4, -0.2) is 29.2 Å². The molecule has 1 heterocycles. The number of nitrogens with two attached hydrogens (primary N) is 1.